The van der Waals surface area contributed by atoms with Gasteiger partial charge in [-0.1, -0.05) is 13.8 Å². The van der Waals surface area contributed by atoms with E-state index < -0.39 is 0 Å². The Morgan fingerprint density at radius 2 is 2.23 bits per heavy atom. The minimum absolute atomic E-state index is 0.0544. The second-order valence-electron chi connectivity index (χ2n) is 3.56. The SMILES string of the molecule is CCn1ccnc(CC(C)C)c1=O. The van der Waals surface area contributed by atoms with E-state index in [1.807, 2.05) is 6.92 Å². The van der Waals surface area contributed by atoms with E-state index in [-0.39, 0.29) is 5.56 Å². The van der Waals surface area contributed by atoms with Crippen LogP contribution in [0, 0.1) is 5.92 Å². The first-order chi connectivity index (χ1) is 6.15. The van der Waals surface area contributed by atoms with Crippen LogP contribution in [0.2, 0.25) is 0 Å². The lowest BCUT2D eigenvalue weighted by Gasteiger charge is -2.05. The fourth-order valence-electron chi connectivity index (χ4n) is 1.27. The first-order valence-corrected chi connectivity index (χ1v) is 4.69. The lowest BCUT2D eigenvalue weighted by molar-refractivity contribution is 0.610. The maximum absolute atomic E-state index is 11.6. The summed E-state index contributed by atoms with van der Waals surface area (Å²) in [6.45, 7) is 6.85. The van der Waals surface area contributed by atoms with Gasteiger partial charge < -0.3 is 4.57 Å². The zero-order chi connectivity index (χ0) is 9.84. The van der Waals surface area contributed by atoms with E-state index in [9.17, 15) is 4.79 Å². The molecule has 0 bridgehead atoms. The van der Waals surface area contributed by atoms with Gasteiger partial charge in [0, 0.05) is 18.9 Å². The van der Waals surface area contributed by atoms with Crippen molar-refractivity contribution in [3.63, 3.8) is 0 Å². The lowest BCUT2D eigenvalue weighted by atomic mass is 10.1. The van der Waals surface area contributed by atoms with Crippen LogP contribution in [-0.2, 0) is 13.0 Å². The third kappa shape index (κ3) is 2.41. The van der Waals surface area contributed by atoms with Crippen molar-refractivity contribution in [1.82, 2.24) is 9.55 Å². The van der Waals surface area contributed by atoms with Crippen LogP contribution in [0.1, 0.15) is 26.5 Å². The molecular formula is C10H16N2O. The molecule has 1 rings (SSSR count). The first kappa shape index (κ1) is 9.96. The molecule has 3 heteroatoms. The summed E-state index contributed by atoms with van der Waals surface area (Å²) in [6.07, 6.45) is 4.19. The fraction of sp³-hybridized carbons (Fsp3) is 0.600. The van der Waals surface area contributed by atoms with Gasteiger partial charge in [-0.2, -0.15) is 0 Å². The maximum Gasteiger partial charge on any atom is 0.272 e. The Labute approximate surface area is 78.4 Å². The van der Waals surface area contributed by atoms with Crippen molar-refractivity contribution in [1.29, 1.82) is 0 Å². The topological polar surface area (TPSA) is 34.9 Å². The highest BCUT2D eigenvalue weighted by atomic mass is 16.1. The zero-order valence-electron chi connectivity index (χ0n) is 8.45. The second kappa shape index (κ2) is 4.21. The smallest absolute Gasteiger partial charge is 0.272 e. The molecule has 0 aromatic carbocycles. The van der Waals surface area contributed by atoms with E-state index in [2.05, 4.69) is 18.8 Å². The molecule has 0 radical (unpaired) electrons. The summed E-state index contributed by atoms with van der Waals surface area (Å²) in [6, 6.07) is 0. The van der Waals surface area contributed by atoms with Gasteiger partial charge in [0.1, 0.15) is 5.69 Å². The molecule has 0 amide bonds. The molecule has 0 saturated heterocycles. The standard InChI is InChI=1S/C10H16N2O/c1-4-12-6-5-11-9(10(12)13)7-8(2)3/h5-6,8H,4,7H2,1-3H3. The molecule has 1 heterocycles. The Morgan fingerprint density at radius 1 is 1.54 bits per heavy atom. The van der Waals surface area contributed by atoms with Crippen LogP contribution in [0.5, 0.6) is 0 Å². The van der Waals surface area contributed by atoms with Crippen molar-refractivity contribution in [3.8, 4) is 0 Å². The molecule has 0 N–H and O–H groups in total. The van der Waals surface area contributed by atoms with E-state index in [1.54, 1.807) is 17.0 Å². The van der Waals surface area contributed by atoms with Crippen LogP contribution in [-0.4, -0.2) is 9.55 Å². The molecule has 0 saturated carbocycles. The summed E-state index contributed by atoms with van der Waals surface area (Å²) in [5.41, 5.74) is 0.734. The molecule has 0 fully saturated rings. The predicted molar refractivity (Wildman–Crippen MR) is 52.7 cm³/mol. The van der Waals surface area contributed by atoms with E-state index in [0.717, 1.165) is 6.42 Å². The Bertz CT molecular complexity index is 328. The number of nitrogens with zero attached hydrogens (tertiary/aromatic N) is 2. The van der Waals surface area contributed by atoms with Gasteiger partial charge in [-0.3, -0.25) is 9.78 Å². The van der Waals surface area contributed by atoms with Crippen LogP contribution in [0.3, 0.4) is 0 Å². The Morgan fingerprint density at radius 3 is 2.77 bits per heavy atom. The summed E-state index contributed by atoms with van der Waals surface area (Å²) in [4.78, 5) is 15.7. The highest BCUT2D eigenvalue weighted by Crippen LogP contribution is 1.99. The molecule has 0 spiro atoms. The van der Waals surface area contributed by atoms with Gasteiger partial charge in [0.2, 0.25) is 0 Å². The number of hydrogen-bond acceptors (Lipinski definition) is 2. The zero-order valence-corrected chi connectivity index (χ0v) is 8.45. The molecule has 3 nitrogen and oxygen atoms in total. The molecular weight excluding hydrogens is 164 g/mol. The molecule has 0 aliphatic rings. The summed E-state index contributed by atoms with van der Waals surface area (Å²) in [5.74, 6) is 0.480. The molecule has 1 aromatic rings. The minimum Gasteiger partial charge on any atom is -0.313 e. The summed E-state index contributed by atoms with van der Waals surface area (Å²) in [5, 5.41) is 0. The van der Waals surface area contributed by atoms with Crippen molar-refractivity contribution < 1.29 is 0 Å². The van der Waals surface area contributed by atoms with Crippen molar-refractivity contribution in [2.75, 3.05) is 0 Å². The van der Waals surface area contributed by atoms with Gasteiger partial charge in [-0.15, -0.1) is 0 Å². The van der Waals surface area contributed by atoms with Crippen LogP contribution < -0.4 is 5.56 Å². The summed E-state index contributed by atoms with van der Waals surface area (Å²) < 4.78 is 1.69. The summed E-state index contributed by atoms with van der Waals surface area (Å²) >= 11 is 0. The number of aryl methyl sites for hydroxylation is 1. The van der Waals surface area contributed by atoms with Crippen molar-refractivity contribution in [2.45, 2.75) is 33.7 Å². The van der Waals surface area contributed by atoms with E-state index in [0.29, 0.717) is 18.2 Å². The third-order valence-electron chi connectivity index (χ3n) is 1.93. The van der Waals surface area contributed by atoms with E-state index in [1.165, 1.54) is 0 Å². The van der Waals surface area contributed by atoms with Gasteiger partial charge in [-0.25, -0.2) is 0 Å². The van der Waals surface area contributed by atoms with Gasteiger partial charge in [0.25, 0.3) is 5.56 Å². The van der Waals surface area contributed by atoms with Gasteiger partial charge >= 0.3 is 0 Å². The average Bonchev–Trinajstić information content (AvgIpc) is 2.08. The minimum atomic E-state index is 0.0544. The van der Waals surface area contributed by atoms with Crippen molar-refractivity contribution in [3.05, 3.63) is 28.4 Å². The molecule has 0 atom stereocenters. The quantitative estimate of drug-likeness (QED) is 0.706. The predicted octanol–water partition coefficient (Wildman–Crippen LogP) is 1.46. The molecule has 13 heavy (non-hydrogen) atoms. The molecule has 0 unspecified atom stereocenters. The first-order valence-electron chi connectivity index (χ1n) is 4.69. The number of rotatable bonds is 3. The van der Waals surface area contributed by atoms with E-state index in [4.69, 9.17) is 0 Å². The van der Waals surface area contributed by atoms with Crippen LogP contribution in [0.15, 0.2) is 17.2 Å². The van der Waals surface area contributed by atoms with E-state index >= 15 is 0 Å². The van der Waals surface area contributed by atoms with Gasteiger partial charge in [0.15, 0.2) is 0 Å². The Balaban J connectivity index is 3.02. The van der Waals surface area contributed by atoms with Gasteiger partial charge in [0.05, 0.1) is 0 Å². The molecule has 72 valence electrons. The highest BCUT2D eigenvalue weighted by molar-refractivity contribution is 4.98. The number of hydrogen-bond donors (Lipinski definition) is 0. The van der Waals surface area contributed by atoms with Crippen LogP contribution >= 0.6 is 0 Å². The average molecular weight is 180 g/mol. The Hall–Kier alpha value is -1.12. The lowest BCUT2D eigenvalue weighted by Crippen LogP contribution is -2.24. The highest BCUT2D eigenvalue weighted by Gasteiger charge is 2.05. The third-order valence-corrected chi connectivity index (χ3v) is 1.93. The van der Waals surface area contributed by atoms with Crippen molar-refractivity contribution >= 4 is 0 Å². The molecule has 0 aliphatic carbocycles. The second-order valence-corrected chi connectivity index (χ2v) is 3.56. The molecule has 0 aliphatic heterocycles. The largest absolute Gasteiger partial charge is 0.313 e. The monoisotopic (exact) mass is 180 g/mol. The van der Waals surface area contributed by atoms with Crippen LogP contribution in [0.25, 0.3) is 0 Å². The van der Waals surface area contributed by atoms with Crippen LogP contribution in [0.4, 0.5) is 0 Å². The molecule has 1 aromatic heterocycles. The number of aromatic nitrogens is 2. The maximum atomic E-state index is 11.6. The Kier molecular flexibility index (Phi) is 3.23. The summed E-state index contributed by atoms with van der Waals surface area (Å²) in [7, 11) is 0. The normalized spacial score (nSPS) is 10.8. The van der Waals surface area contributed by atoms with Crippen molar-refractivity contribution in [2.24, 2.45) is 5.92 Å². The fourth-order valence-corrected chi connectivity index (χ4v) is 1.27. The van der Waals surface area contributed by atoms with Gasteiger partial charge in [-0.05, 0) is 19.3 Å².